The van der Waals surface area contributed by atoms with Crippen molar-refractivity contribution in [3.8, 4) is 0 Å². The van der Waals surface area contributed by atoms with Crippen LogP contribution in [0.25, 0.3) is 0 Å². The Hall–Kier alpha value is -1.56. The summed E-state index contributed by atoms with van der Waals surface area (Å²) in [4.78, 5) is 13.3. The molecule has 0 atom stereocenters. The van der Waals surface area contributed by atoms with Crippen LogP contribution in [0.1, 0.15) is 23.7 Å². The van der Waals surface area contributed by atoms with Crippen LogP contribution in [0.3, 0.4) is 0 Å². The highest BCUT2D eigenvalue weighted by molar-refractivity contribution is 5.94. The van der Waals surface area contributed by atoms with Crippen molar-refractivity contribution >= 4 is 5.91 Å². The van der Waals surface area contributed by atoms with Gasteiger partial charge in [-0.3, -0.25) is 4.79 Å². The molecule has 0 spiro atoms. The van der Waals surface area contributed by atoms with E-state index in [2.05, 4.69) is 0 Å². The second-order valence-electron chi connectivity index (χ2n) is 3.75. The second-order valence-corrected chi connectivity index (χ2v) is 3.75. The van der Waals surface area contributed by atoms with Crippen LogP contribution in [-0.2, 0) is 0 Å². The SMILES string of the molecule is CCN(CCCN)C(=O)c1ccc(F)c(F)c1F. The molecule has 0 heterocycles. The smallest absolute Gasteiger partial charge is 0.256 e. The first-order valence-corrected chi connectivity index (χ1v) is 5.65. The van der Waals surface area contributed by atoms with Gasteiger partial charge in [0.05, 0.1) is 5.56 Å². The molecule has 100 valence electrons. The molecule has 0 bridgehead atoms. The Bertz CT molecular complexity index is 438. The summed E-state index contributed by atoms with van der Waals surface area (Å²) in [7, 11) is 0. The maximum absolute atomic E-state index is 13.4. The Labute approximate surface area is 103 Å². The summed E-state index contributed by atoms with van der Waals surface area (Å²) in [6.45, 7) is 2.80. The third-order valence-electron chi connectivity index (χ3n) is 2.57. The fourth-order valence-corrected chi connectivity index (χ4v) is 1.55. The van der Waals surface area contributed by atoms with Crippen LogP contribution in [-0.4, -0.2) is 30.4 Å². The van der Waals surface area contributed by atoms with Gasteiger partial charge in [0.1, 0.15) is 0 Å². The van der Waals surface area contributed by atoms with Crippen molar-refractivity contribution in [2.45, 2.75) is 13.3 Å². The quantitative estimate of drug-likeness (QED) is 0.822. The lowest BCUT2D eigenvalue weighted by Gasteiger charge is -2.20. The molecule has 0 unspecified atom stereocenters. The minimum absolute atomic E-state index is 0.345. The van der Waals surface area contributed by atoms with Gasteiger partial charge in [-0.25, -0.2) is 13.2 Å². The number of carbonyl (C=O) groups is 1. The summed E-state index contributed by atoms with van der Waals surface area (Å²) in [5, 5.41) is 0. The minimum atomic E-state index is -1.63. The van der Waals surface area contributed by atoms with Gasteiger partial charge >= 0.3 is 0 Å². The number of halogens is 3. The van der Waals surface area contributed by atoms with E-state index >= 15 is 0 Å². The van der Waals surface area contributed by atoms with Gasteiger partial charge in [-0.2, -0.15) is 0 Å². The summed E-state index contributed by atoms with van der Waals surface area (Å²) in [6.07, 6.45) is 0.560. The van der Waals surface area contributed by atoms with Crippen LogP contribution in [0.2, 0.25) is 0 Å². The van der Waals surface area contributed by atoms with Gasteiger partial charge in [0.25, 0.3) is 5.91 Å². The van der Waals surface area contributed by atoms with E-state index in [1.807, 2.05) is 0 Å². The summed E-state index contributed by atoms with van der Waals surface area (Å²) < 4.78 is 39.2. The van der Waals surface area contributed by atoms with Gasteiger partial charge in [0.2, 0.25) is 0 Å². The highest BCUT2D eigenvalue weighted by Gasteiger charge is 2.22. The molecular formula is C12H15F3N2O. The molecule has 1 amide bonds. The third kappa shape index (κ3) is 3.01. The Morgan fingerprint density at radius 3 is 2.50 bits per heavy atom. The van der Waals surface area contributed by atoms with E-state index < -0.39 is 28.9 Å². The number of carbonyl (C=O) groups excluding carboxylic acids is 1. The molecule has 18 heavy (non-hydrogen) atoms. The largest absolute Gasteiger partial charge is 0.339 e. The molecule has 0 saturated heterocycles. The summed E-state index contributed by atoms with van der Waals surface area (Å²) in [5.74, 6) is -5.06. The molecule has 0 aliphatic heterocycles. The fourth-order valence-electron chi connectivity index (χ4n) is 1.55. The predicted molar refractivity (Wildman–Crippen MR) is 61.6 cm³/mol. The van der Waals surface area contributed by atoms with E-state index in [0.29, 0.717) is 26.1 Å². The lowest BCUT2D eigenvalue weighted by Crippen LogP contribution is -2.33. The van der Waals surface area contributed by atoms with Crippen LogP contribution >= 0.6 is 0 Å². The van der Waals surface area contributed by atoms with E-state index in [1.54, 1.807) is 6.92 Å². The zero-order valence-corrected chi connectivity index (χ0v) is 10.0. The molecule has 1 rings (SSSR count). The number of nitrogens with zero attached hydrogens (tertiary/aromatic N) is 1. The molecule has 1 aromatic carbocycles. The molecule has 0 aromatic heterocycles. The maximum Gasteiger partial charge on any atom is 0.256 e. The number of rotatable bonds is 5. The van der Waals surface area contributed by atoms with E-state index in [-0.39, 0.29) is 0 Å². The first kappa shape index (κ1) is 14.5. The summed E-state index contributed by atoms with van der Waals surface area (Å²) in [6, 6.07) is 1.68. The van der Waals surface area contributed by atoms with Crippen LogP contribution in [0.4, 0.5) is 13.2 Å². The average molecular weight is 260 g/mol. The number of nitrogens with two attached hydrogens (primary N) is 1. The number of hydrogen-bond acceptors (Lipinski definition) is 2. The van der Waals surface area contributed by atoms with Gasteiger partial charge in [-0.1, -0.05) is 0 Å². The van der Waals surface area contributed by atoms with Crippen LogP contribution in [0.15, 0.2) is 12.1 Å². The van der Waals surface area contributed by atoms with E-state index in [1.165, 1.54) is 4.90 Å². The van der Waals surface area contributed by atoms with Crippen LogP contribution < -0.4 is 5.73 Å². The molecule has 3 nitrogen and oxygen atoms in total. The normalized spacial score (nSPS) is 10.5. The lowest BCUT2D eigenvalue weighted by atomic mass is 10.1. The number of benzene rings is 1. The van der Waals surface area contributed by atoms with Crippen molar-refractivity contribution in [2.75, 3.05) is 19.6 Å². The number of amides is 1. The monoisotopic (exact) mass is 260 g/mol. The fraction of sp³-hybridized carbons (Fsp3) is 0.417. The Balaban J connectivity index is 2.98. The Morgan fingerprint density at radius 1 is 1.28 bits per heavy atom. The first-order valence-electron chi connectivity index (χ1n) is 5.65. The van der Waals surface area contributed by atoms with Crippen LogP contribution in [0, 0.1) is 17.5 Å². The molecule has 0 radical (unpaired) electrons. The Kier molecular flexibility index (Phi) is 5.15. The van der Waals surface area contributed by atoms with Gasteiger partial charge in [-0.15, -0.1) is 0 Å². The molecule has 0 aliphatic rings. The van der Waals surface area contributed by atoms with Crippen molar-refractivity contribution in [3.63, 3.8) is 0 Å². The molecular weight excluding hydrogens is 245 g/mol. The van der Waals surface area contributed by atoms with Crippen molar-refractivity contribution in [3.05, 3.63) is 35.1 Å². The molecule has 0 aliphatic carbocycles. The first-order chi connectivity index (χ1) is 8.52. The summed E-state index contributed by atoms with van der Waals surface area (Å²) >= 11 is 0. The van der Waals surface area contributed by atoms with Crippen molar-refractivity contribution < 1.29 is 18.0 Å². The molecule has 6 heteroatoms. The predicted octanol–water partition coefficient (Wildman–Crippen LogP) is 1.91. The van der Waals surface area contributed by atoms with Crippen molar-refractivity contribution in [1.29, 1.82) is 0 Å². The average Bonchev–Trinajstić information content (AvgIpc) is 2.37. The number of hydrogen-bond donors (Lipinski definition) is 1. The highest BCUT2D eigenvalue weighted by atomic mass is 19.2. The van der Waals surface area contributed by atoms with Gasteiger partial charge < -0.3 is 10.6 Å². The maximum atomic E-state index is 13.4. The molecule has 2 N–H and O–H groups in total. The molecule has 0 fully saturated rings. The second kappa shape index (κ2) is 6.39. The topological polar surface area (TPSA) is 46.3 Å². The lowest BCUT2D eigenvalue weighted by molar-refractivity contribution is 0.0757. The zero-order valence-electron chi connectivity index (χ0n) is 10.0. The van der Waals surface area contributed by atoms with Crippen molar-refractivity contribution in [2.24, 2.45) is 5.73 Å². The van der Waals surface area contributed by atoms with Crippen molar-refractivity contribution in [1.82, 2.24) is 4.90 Å². The Morgan fingerprint density at radius 2 is 1.94 bits per heavy atom. The van der Waals surface area contributed by atoms with Gasteiger partial charge in [0, 0.05) is 13.1 Å². The van der Waals surface area contributed by atoms with E-state index in [4.69, 9.17) is 5.73 Å². The molecule has 0 saturated carbocycles. The molecule has 1 aromatic rings. The van der Waals surface area contributed by atoms with Crippen LogP contribution in [0.5, 0.6) is 0 Å². The van der Waals surface area contributed by atoms with Gasteiger partial charge in [0.15, 0.2) is 17.5 Å². The highest BCUT2D eigenvalue weighted by Crippen LogP contribution is 2.17. The van der Waals surface area contributed by atoms with E-state index in [9.17, 15) is 18.0 Å². The summed E-state index contributed by atoms with van der Waals surface area (Å²) in [5.41, 5.74) is 4.86. The standard InChI is InChI=1S/C12H15F3N2O/c1-2-17(7-3-6-16)12(18)8-4-5-9(13)11(15)10(8)14/h4-5H,2-3,6-7,16H2,1H3. The third-order valence-corrected chi connectivity index (χ3v) is 2.57. The zero-order chi connectivity index (χ0) is 13.7. The van der Waals surface area contributed by atoms with E-state index in [0.717, 1.165) is 12.1 Å². The minimum Gasteiger partial charge on any atom is -0.339 e. The van der Waals surface area contributed by atoms with Gasteiger partial charge in [-0.05, 0) is 32.0 Å².